The summed E-state index contributed by atoms with van der Waals surface area (Å²) in [6.45, 7) is 0.306. The smallest absolute Gasteiger partial charge is 0.335 e. The van der Waals surface area contributed by atoms with Crippen LogP contribution in [0, 0.1) is 0 Å². The molecule has 6 nitrogen and oxygen atoms in total. The van der Waals surface area contributed by atoms with Gasteiger partial charge in [-0.05, 0) is 71.3 Å². The van der Waals surface area contributed by atoms with E-state index < -0.39 is 5.97 Å². The van der Waals surface area contributed by atoms with Crippen LogP contribution in [0.1, 0.15) is 36.6 Å². The average molecular weight is 527 g/mol. The molecule has 40 heavy (non-hydrogen) atoms. The van der Waals surface area contributed by atoms with Crippen molar-refractivity contribution in [2.24, 2.45) is 0 Å². The highest BCUT2D eigenvalue weighted by Gasteiger charge is 2.19. The highest BCUT2D eigenvalue weighted by molar-refractivity contribution is 6.09. The lowest BCUT2D eigenvalue weighted by Gasteiger charge is -2.23. The number of anilines is 2. The third kappa shape index (κ3) is 5.97. The van der Waals surface area contributed by atoms with E-state index in [4.69, 9.17) is 0 Å². The Labute approximate surface area is 232 Å². The summed E-state index contributed by atoms with van der Waals surface area (Å²) in [5.41, 5.74) is 4.97. The van der Waals surface area contributed by atoms with E-state index in [1.54, 1.807) is 47.4 Å². The van der Waals surface area contributed by atoms with Crippen molar-refractivity contribution < 1.29 is 19.5 Å². The number of hydrogen-bond acceptors (Lipinski definition) is 3. The zero-order valence-electron chi connectivity index (χ0n) is 21.5. The van der Waals surface area contributed by atoms with Gasteiger partial charge in [-0.25, -0.2) is 4.79 Å². The standard InChI is InChI=1S/C34H26N2O4/c37-32(31-14-8-7-13-30(31)25-11-5-2-6-12-25)35-28-19-15-26(16-20-28)33(38)36(23-24-9-3-1-4-10-24)29-21-17-27(18-22-29)34(39)40/h1-22H,23H2,(H,35,37)(H,39,40). The zero-order chi connectivity index (χ0) is 27.9. The first-order chi connectivity index (χ1) is 19.5. The van der Waals surface area contributed by atoms with Gasteiger partial charge in [-0.15, -0.1) is 0 Å². The summed E-state index contributed by atoms with van der Waals surface area (Å²) in [6.07, 6.45) is 0. The van der Waals surface area contributed by atoms with E-state index in [1.807, 2.05) is 78.9 Å². The largest absolute Gasteiger partial charge is 0.478 e. The Kier molecular flexibility index (Phi) is 7.79. The highest BCUT2D eigenvalue weighted by atomic mass is 16.4. The number of benzene rings is 5. The molecular formula is C34H26N2O4. The van der Waals surface area contributed by atoms with Gasteiger partial charge in [0.05, 0.1) is 12.1 Å². The summed E-state index contributed by atoms with van der Waals surface area (Å²) >= 11 is 0. The second kappa shape index (κ2) is 11.9. The minimum Gasteiger partial charge on any atom is -0.478 e. The fraction of sp³-hybridized carbons (Fsp3) is 0.0294. The molecule has 0 saturated carbocycles. The van der Waals surface area contributed by atoms with Crippen LogP contribution < -0.4 is 10.2 Å². The molecule has 5 rings (SSSR count). The summed E-state index contributed by atoms with van der Waals surface area (Å²) in [5, 5.41) is 12.2. The van der Waals surface area contributed by atoms with Crippen LogP contribution in [-0.4, -0.2) is 22.9 Å². The number of carbonyl (C=O) groups is 3. The van der Waals surface area contributed by atoms with Crippen LogP contribution in [0.5, 0.6) is 0 Å². The first-order valence-corrected chi connectivity index (χ1v) is 12.7. The van der Waals surface area contributed by atoms with Gasteiger partial charge in [0, 0.05) is 22.5 Å². The number of amides is 2. The van der Waals surface area contributed by atoms with Crippen molar-refractivity contribution in [2.75, 3.05) is 10.2 Å². The lowest BCUT2D eigenvalue weighted by Crippen LogP contribution is -2.30. The molecule has 0 unspecified atom stereocenters. The Morgan fingerprint density at radius 1 is 0.625 bits per heavy atom. The van der Waals surface area contributed by atoms with Crippen LogP contribution in [0.15, 0.2) is 133 Å². The predicted molar refractivity (Wildman–Crippen MR) is 157 cm³/mol. The van der Waals surface area contributed by atoms with Gasteiger partial charge in [-0.2, -0.15) is 0 Å². The molecule has 196 valence electrons. The molecular weight excluding hydrogens is 500 g/mol. The minimum atomic E-state index is -1.03. The van der Waals surface area contributed by atoms with Crippen molar-refractivity contribution in [1.82, 2.24) is 0 Å². The van der Waals surface area contributed by atoms with Crippen LogP contribution in [0.25, 0.3) is 11.1 Å². The van der Waals surface area contributed by atoms with Gasteiger partial charge in [0.2, 0.25) is 0 Å². The van der Waals surface area contributed by atoms with E-state index >= 15 is 0 Å². The van der Waals surface area contributed by atoms with Crippen molar-refractivity contribution in [3.05, 3.63) is 156 Å². The van der Waals surface area contributed by atoms with Crippen molar-refractivity contribution in [3.8, 4) is 11.1 Å². The molecule has 2 amide bonds. The molecule has 0 radical (unpaired) electrons. The molecule has 0 atom stereocenters. The number of hydrogen-bond donors (Lipinski definition) is 2. The molecule has 6 heteroatoms. The molecule has 0 aliphatic heterocycles. The van der Waals surface area contributed by atoms with Crippen LogP contribution >= 0.6 is 0 Å². The van der Waals surface area contributed by atoms with Gasteiger partial charge in [0.25, 0.3) is 11.8 Å². The topological polar surface area (TPSA) is 86.7 Å². The van der Waals surface area contributed by atoms with Gasteiger partial charge < -0.3 is 15.3 Å². The van der Waals surface area contributed by atoms with E-state index in [-0.39, 0.29) is 17.4 Å². The SMILES string of the molecule is O=C(O)c1ccc(N(Cc2ccccc2)C(=O)c2ccc(NC(=O)c3ccccc3-c3ccccc3)cc2)cc1. The lowest BCUT2D eigenvalue weighted by atomic mass is 9.99. The predicted octanol–water partition coefficient (Wildman–Crippen LogP) is 7.15. The maximum Gasteiger partial charge on any atom is 0.335 e. The lowest BCUT2D eigenvalue weighted by molar-refractivity contribution is 0.0696. The summed E-state index contributed by atoms with van der Waals surface area (Å²) in [5.74, 6) is -1.53. The summed E-state index contributed by atoms with van der Waals surface area (Å²) in [6, 6.07) is 39.7. The summed E-state index contributed by atoms with van der Waals surface area (Å²) in [4.78, 5) is 39.7. The monoisotopic (exact) mass is 526 g/mol. The number of carboxylic acids is 1. The van der Waals surface area contributed by atoms with Crippen molar-refractivity contribution >= 4 is 29.2 Å². The average Bonchev–Trinajstić information content (AvgIpc) is 3.01. The molecule has 0 aliphatic carbocycles. The van der Waals surface area contributed by atoms with E-state index in [9.17, 15) is 19.5 Å². The maximum atomic E-state index is 13.6. The number of carboxylic acid groups (broad SMARTS) is 1. The third-order valence-corrected chi connectivity index (χ3v) is 6.50. The van der Waals surface area contributed by atoms with Gasteiger partial charge in [-0.1, -0.05) is 78.9 Å². The Bertz CT molecular complexity index is 1630. The maximum absolute atomic E-state index is 13.6. The Balaban J connectivity index is 1.37. The Morgan fingerprint density at radius 2 is 1.20 bits per heavy atom. The molecule has 5 aromatic rings. The molecule has 0 saturated heterocycles. The fourth-order valence-electron chi connectivity index (χ4n) is 4.43. The zero-order valence-corrected chi connectivity index (χ0v) is 21.5. The first kappa shape index (κ1) is 26.1. The van der Waals surface area contributed by atoms with Gasteiger partial charge in [0.15, 0.2) is 0 Å². The molecule has 2 N–H and O–H groups in total. The number of carbonyl (C=O) groups excluding carboxylic acids is 2. The van der Waals surface area contributed by atoms with E-state index in [1.165, 1.54) is 12.1 Å². The van der Waals surface area contributed by atoms with Crippen LogP contribution in [-0.2, 0) is 6.54 Å². The summed E-state index contributed by atoms with van der Waals surface area (Å²) < 4.78 is 0. The van der Waals surface area contributed by atoms with Crippen LogP contribution in [0.4, 0.5) is 11.4 Å². The molecule has 0 aliphatic rings. The summed E-state index contributed by atoms with van der Waals surface area (Å²) in [7, 11) is 0. The number of aromatic carboxylic acids is 1. The Hall–Kier alpha value is -5.49. The van der Waals surface area contributed by atoms with Gasteiger partial charge >= 0.3 is 5.97 Å². The van der Waals surface area contributed by atoms with E-state index in [0.717, 1.165) is 16.7 Å². The minimum absolute atomic E-state index is 0.143. The van der Waals surface area contributed by atoms with Gasteiger partial charge in [-0.3, -0.25) is 9.59 Å². The third-order valence-electron chi connectivity index (χ3n) is 6.50. The fourth-order valence-corrected chi connectivity index (χ4v) is 4.43. The normalized spacial score (nSPS) is 10.5. The molecule has 0 aromatic heterocycles. The van der Waals surface area contributed by atoms with Crippen molar-refractivity contribution in [1.29, 1.82) is 0 Å². The number of nitrogens with one attached hydrogen (secondary N) is 1. The number of rotatable bonds is 8. The van der Waals surface area contributed by atoms with Gasteiger partial charge in [0.1, 0.15) is 0 Å². The molecule has 0 bridgehead atoms. The molecule has 0 fully saturated rings. The molecule has 0 heterocycles. The van der Waals surface area contributed by atoms with Crippen LogP contribution in [0.3, 0.4) is 0 Å². The molecule has 0 spiro atoms. The highest BCUT2D eigenvalue weighted by Crippen LogP contribution is 2.25. The second-order valence-corrected chi connectivity index (χ2v) is 9.17. The number of nitrogens with zero attached hydrogens (tertiary/aromatic N) is 1. The molecule has 5 aromatic carbocycles. The van der Waals surface area contributed by atoms with Crippen molar-refractivity contribution in [2.45, 2.75) is 6.54 Å². The van der Waals surface area contributed by atoms with E-state index in [0.29, 0.717) is 29.0 Å². The first-order valence-electron chi connectivity index (χ1n) is 12.7. The second-order valence-electron chi connectivity index (χ2n) is 9.17. The Morgan fingerprint density at radius 3 is 1.85 bits per heavy atom. The van der Waals surface area contributed by atoms with E-state index in [2.05, 4.69) is 5.32 Å². The van der Waals surface area contributed by atoms with Crippen LogP contribution in [0.2, 0.25) is 0 Å². The van der Waals surface area contributed by atoms with Crippen molar-refractivity contribution in [3.63, 3.8) is 0 Å². The quantitative estimate of drug-likeness (QED) is 0.225.